The van der Waals surface area contributed by atoms with E-state index >= 15 is 0 Å². The summed E-state index contributed by atoms with van der Waals surface area (Å²) in [4.78, 5) is 19.1. The van der Waals surface area contributed by atoms with Crippen molar-refractivity contribution in [2.24, 2.45) is 5.92 Å². The quantitative estimate of drug-likeness (QED) is 0.618. The van der Waals surface area contributed by atoms with Crippen LogP contribution < -0.4 is 10.1 Å². The van der Waals surface area contributed by atoms with Crippen molar-refractivity contribution in [1.29, 1.82) is 0 Å². The maximum atomic E-state index is 12.3. The fourth-order valence-corrected chi connectivity index (χ4v) is 4.00. The van der Waals surface area contributed by atoms with Gasteiger partial charge in [-0.2, -0.15) is 0 Å². The number of amides is 1. The second kappa shape index (κ2) is 11.2. The first-order valence-corrected chi connectivity index (χ1v) is 11.3. The molecular weight excluding hydrogens is 398 g/mol. The molecule has 162 valence electrons. The molecule has 1 atom stereocenters. The number of ether oxygens (including phenoxy) is 2. The van der Waals surface area contributed by atoms with Crippen molar-refractivity contribution in [3.05, 3.63) is 52.0 Å². The zero-order chi connectivity index (χ0) is 21.3. The standard InChI is InChI=1S/C23H31N3O3S/c1-17(2)13-26-10-11-28-21(14-26)12-24-23(27)9-8-19-6-4-5-7-22(19)29-15-20-16-30-18(3)25-20/h4-9,16-17,21H,10-15H2,1-3H3,(H,24,27)/b9-8+. The molecule has 0 saturated carbocycles. The predicted octanol–water partition coefficient (Wildman–Crippen LogP) is 3.52. The molecular formula is C23H31N3O3S. The molecule has 1 aromatic heterocycles. The molecule has 2 heterocycles. The number of morpholine rings is 1. The van der Waals surface area contributed by atoms with E-state index in [4.69, 9.17) is 9.47 Å². The number of carbonyl (C=O) groups excluding carboxylic acids is 1. The van der Waals surface area contributed by atoms with E-state index in [9.17, 15) is 4.79 Å². The molecule has 3 rings (SSSR count). The summed E-state index contributed by atoms with van der Waals surface area (Å²) in [6.45, 7) is 10.9. The molecule has 0 bridgehead atoms. The van der Waals surface area contributed by atoms with Crippen LogP contribution in [0.4, 0.5) is 0 Å². The Morgan fingerprint density at radius 1 is 1.43 bits per heavy atom. The summed E-state index contributed by atoms with van der Waals surface area (Å²) in [6.07, 6.45) is 3.36. The summed E-state index contributed by atoms with van der Waals surface area (Å²) in [5, 5.41) is 5.97. The second-order valence-electron chi connectivity index (χ2n) is 7.91. The molecule has 2 aromatic rings. The van der Waals surface area contributed by atoms with Gasteiger partial charge in [0.1, 0.15) is 12.4 Å². The molecule has 1 aliphatic rings. The number of carbonyl (C=O) groups is 1. The maximum Gasteiger partial charge on any atom is 0.244 e. The lowest BCUT2D eigenvalue weighted by molar-refractivity contribution is -0.117. The largest absolute Gasteiger partial charge is 0.487 e. The molecule has 1 amide bonds. The summed E-state index contributed by atoms with van der Waals surface area (Å²) < 4.78 is 11.7. The Hall–Kier alpha value is -2.22. The molecule has 1 saturated heterocycles. The fourth-order valence-electron chi connectivity index (χ4n) is 3.40. The monoisotopic (exact) mass is 429 g/mol. The van der Waals surface area contributed by atoms with Gasteiger partial charge in [0.05, 0.1) is 23.4 Å². The number of nitrogens with zero attached hydrogens (tertiary/aromatic N) is 2. The molecule has 30 heavy (non-hydrogen) atoms. The smallest absolute Gasteiger partial charge is 0.244 e. The summed E-state index contributed by atoms with van der Waals surface area (Å²) in [5.41, 5.74) is 1.77. The normalized spacial score (nSPS) is 17.5. The van der Waals surface area contributed by atoms with Crippen molar-refractivity contribution in [3.8, 4) is 5.75 Å². The van der Waals surface area contributed by atoms with E-state index in [0.29, 0.717) is 25.7 Å². The van der Waals surface area contributed by atoms with Crippen LogP contribution in [0.3, 0.4) is 0 Å². The second-order valence-corrected chi connectivity index (χ2v) is 8.97. The number of aromatic nitrogens is 1. The minimum atomic E-state index is -0.135. The minimum Gasteiger partial charge on any atom is -0.487 e. The van der Waals surface area contributed by atoms with Crippen molar-refractivity contribution in [3.63, 3.8) is 0 Å². The zero-order valence-corrected chi connectivity index (χ0v) is 18.8. The third kappa shape index (κ3) is 7.23. The lowest BCUT2D eigenvalue weighted by atomic mass is 10.1. The Kier molecular flexibility index (Phi) is 8.42. The summed E-state index contributed by atoms with van der Waals surface area (Å²) in [6, 6.07) is 7.68. The predicted molar refractivity (Wildman–Crippen MR) is 121 cm³/mol. The van der Waals surface area contributed by atoms with Gasteiger partial charge in [-0.1, -0.05) is 32.0 Å². The van der Waals surface area contributed by atoms with Crippen LogP contribution in [0, 0.1) is 12.8 Å². The zero-order valence-electron chi connectivity index (χ0n) is 18.0. The van der Waals surface area contributed by atoms with Gasteiger partial charge in [-0.05, 0) is 25.0 Å². The molecule has 0 radical (unpaired) electrons. The average molecular weight is 430 g/mol. The molecule has 1 fully saturated rings. The highest BCUT2D eigenvalue weighted by Gasteiger charge is 2.21. The summed E-state index contributed by atoms with van der Waals surface area (Å²) in [7, 11) is 0. The highest BCUT2D eigenvalue weighted by molar-refractivity contribution is 7.09. The van der Waals surface area contributed by atoms with Crippen LogP contribution in [0.15, 0.2) is 35.7 Å². The van der Waals surface area contributed by atoms with E-state index in [1.165, 1.54) is 0 Å². The molecule has 1 aromatic carbocycles. The topological polar surface area (TPSA) is 63.7 Å². The van der Waals surface area contributed by atoms with E-state index in [1.807, 2.05) is 36.6 Å². The van der Waals surface area contributed by atoms with Crippen molar-refractivity contribution in [1.82, 2.24) is 15.2 Å². The van der Waals surface area contributed by atoms with Gasteiger partial charge in [-0.25, -0.2) is 4.98 Å². The summed E-state index contributed by atoms with van der Waals surface area (Å²) >= 11 is 1.61. The van der Waals surface area contributed by atoms with E-state index < -0.39 is 0 Å². The Labute approximate surface area is 182 Å². The van der Waals surface area contributed by atoms with Crippen molar-refractivity contribution in [2.45, 2.75) is 33.5 Å². The van der Waals surface area contributed by atoms with Crippen LogP contribution >= 0.6 is 11.3 Å². The van der Waals surface area contributed by atoms with Crippen molar-refractivity contribution >= 4 is 23.3 Å². The highest BCUT2D eigenvalue weighted by Crippen LogP contribution is 2.21. The van der Waals surface area contributed by atoms with E-state index in [1.54, 1.807) is 23.5 Å². The number of para-hydroxylation sites is 1. The van der Waals surface area contributed by atoms with Gasteiger partial charge in [0, 0.05) is 43.2 Å². The van der Waals surface area contributed by atoms with E-state index in [2.05, 4.69) is 29.0 Å². The number of aryl methyl sites for hydroxylation is 1. The minimum absolute atomic E-state index is 0.0343. The molecule has 1 N–H and O–H groups in total. The van der Waals surface area contributed by atoms with Crippen LogP contribution in [0.25, 0.3) is 6.08 Å². The van der Waals surface area contributed by atoms with E-state index in [-0.39, 0.29) is 12.0 Å². The van der Waals surface area contributed by atoms with Gasteiger partial charge in [-0.3, -0.25) is 9.69 Å². The van der Waals surface area contributed by atoms with Gasteiger partial charge < -0.3 is 14.8 Å². The molecule has 0 aliphatic carbocycles. The van der Waals surface area contributed by atoms with Crippen LogP contribution in [0.1, 0.15) is 30.1 Å². The lowest BCUT2D eigenvalue weighted by Gasteiger charge is -2.33. The third-order valence-corrected chi connectivity index (χ3v) is 5.55. The van der Waals surface area contributed by atoms with Gasteiger partial charge in [0.2, 0.25) is 5.91 Å². The van der Waals surface area contributed by atoms with Crippen LogP contribution in [-0.2, 0) is 16.1 Å². The van der Waals surface area contributed by atoms with Gasteiger partial charge in [0.25, 0.3) is 0 Å². The molecule has 0 spiro atoms. The Morgan fingerprint density at radius 3 is 3.03 bits per heavy atom. The first-order chi connectivity index (χ1) is 14.5. The molecule has 7 heteroatoms. The number of thiazole rings is 1. The molecule has 6 nitrogen and oxygen atoms in total. The Bertz CT molecular complexity index is 850. The first kappa shape index (κ1) is 22.5. The van der Waals surface area contributed by atoms with Crippen LogP contribution in [0.2, 0.25) is 0 Å². The Morgan fingerprint density at radius 2 is 2.27 bits per heavy atom. The van der Waals surface area contributed by atoms with Crippen molar-refractivity contribution in [2.75, 3.05) is 32.8 Å². The van der Waals surface area contributed by atoms with Gasteiger partial charge in [-0.15, -0.1) is 11.3 Å². The fraction of sp³-hybridized carbons (Fsp3) is 0.478. The number of rotatable bonds is 9. The summed E-state index contributed by atoms with van der Waals surface area (Å²) in [5.74, 6) is 1.22. The highest BCUT2D eigenvalue weighted by atomic mass is 32.1. The van der Waals surface area contributed by atoms with Crippen LogP contribution in [0.5, 0.6) is 5.75 Å². The number of benzene rings is 1. The van der Waals surface area contributed by atoms with Gasteiger partial charge >= 0.3 is 0 Å². The molecule has 1 aliphatic heterocycles. The van der Waals surface area contributed by atoms with Crippen LogP contribution in [-0.4, -0.2) is 54.7 Å². The number of hydrogen-bond donors (Lipinski definition) is 1. The van der Waals surface area contributed by atoms with Gasteiger partial charge in [0.15, 0.2) is 0 Å². The third-order valence-electron chi connectivity index (χ3n) is 4.73. The number of hydrogen-bond acceptors (Lipinski definition) is 6. The molecule has 1 unspecified atom stereocenters. The SMILES string of the molecule is Cc1nc(COc2ccccc2/C=C/C(=O)NCC2CN(CC(C)C)CCO2)cs1. The first-order valence-electron chi connectivity index (χ1n) is 10.4. The maximum absolute atomic E-state index is 12.3. The Balaban J connectivity index is 1.48. The number of nitrogens with one attached hydrogen (secondary N) is 1. The van der Waals surface area contributed by atoms with Crippen molar-refractivity contribution < 1.29 is 14.3 Å². The lowest BCUT2D eigenvalue weighted by Crippen LogP contribution is -2.48. The average Bonchev–Trinajstić information content (AvgIpc) is 3.14. The van der Waals surface area contributed by atoms with E-state index in [0.717, 1.165) is 41.6 Å².